The zero-order valence-electron chi connectivity index (χ0n) is 21.7. The van der Waals surface area contributed by atoms with E-state index in [0.29, 0.717) is 31.9 Å². The first-order chi connectivity index (χ1) is 16.9. The van der Waals surface area contributed by atoms with E-state index in [0.717, 1.165) is 0 Å². The van der Waals surface area contributed by atoms with Crippen molar-refractivity contribution in [1.82, 2.24) is 10.6 Å². The minimum absolute atomic E-state index is 0.0260. The van der Waals surface area contributed by atoms with E-state index in [-0.39, 0.29) is 26.2 Å². The molecule has 0 aliphatic heterocycles. The van der Waals surface area contributed by atoms with Gasteiger partial charge in [-0.25, -0.2) is 9.59 Å². The molecule has 0 aromatic heterocycles. The lowest BCUT2D eigenvalue weighted by Gasteiger charge is -2.31. The van der Waals surface area contributed by atoms with Crippen molar-refractivity contribution in [3.63, 3.8) is 0 Å². The summed E-state index contributed by atoms with van der Waals surface area (Å²) in [4.78, 5) is 38.2. The molecule has 0 radical (unpaired) electrons. The van der Waals surface area contributed by atoms with E-state index in [4.69, 9.17) is 19.7 Å². The van der Waals surface area contributed by atoms with Crippen molar-refractivity contribution in [2.24, 2.45) is 10.5 Å². The summed E-state index contributed by atoms with van der Waals surface area (Å²) in [7, 11) is 3.02. The standard InChI is InChI=1S/C22H39N5O7S2/c1-21(2,3)34-20(31)24-10-16-36-35-15-6-8-22(4,5)18(19(29)30)26-17(28)7-11-32-13-14-33-12-9-25-27-23/h6,15,18H,7-14,16H2,1-5H3,(H,24,31)(H,26,28)(H,29,30). The highest BCUT2D eigenvalue weighted by molar-refractivity contribution is 8.77. The normalized spacial score (nSPS) is 12.6. The second-order valence-corrected chi connectivity index (χ2v) is 11.6. The number of hydrogen-bond acceptors (Lipinski definition) is 9. The number of nitrogens with zero attached hydrogens (tertiary/aromatic N) is 3. The van der Waals surface area contributed by atoms with Gasteiger partial charge in [0.25, 0.3) is 0 Å². The molecule has 0 heterocycles. The lowest BCUT2D eigenvalue weighted by molar-refractivity contribution is -0.145. The summed E-state index contributed by atoms with van der Waals surface area (Å²) in [6.45, 7) is 10.7. The maximum Gasteiger partial charge on any atom is 0.407 e. The highest BCUT2D eigenvalue weighted by Crippen LogP contribution is 2.29. The van der Waals surface area contributed by atoms with Crippen molar-refractivity contribution in [3.8, 4) is 0 Å². The van der Waals surface area contributed by atoms with Gasteiger partial charge in [-0.2, -0.15) is 0 Å². The van der Waals surface area contributed by atoms with Gasteiger partial charge in [-0.1, -0.05) is 46.6 Å². The summed E-state index contributed by atoms with van der Waals surface area (Å²) in [5.74, 6) is -0.840. The molecule has 0 saturated heterocycles. The minimum atomic E-state index is -1.11. The Morgan fingerprint density at radius 1 is 1.11 bits per heavy atom. The molecule has 36 heavy (non-hydrogen) atoms. The molecule has 1 unspecified atom stereocenters. The van der Waals surface area contributed by atoms with E-state index in [9.17, 15) is 19.5 Å². The molecule has 1 atom stereocenters. The van der Waals surface area contributed by atoms with Crippen LogP contribution in [0.15, 0.2) is 16.6 Å². The van der Waals surface area contributed by atoms with E-state index >= 15 is 0 Å². The van der Waals surface area contributed by atoms with Crippen LogP contribution in [0.1, 0.15) is 47.5 Å². The first kappa shape index (κ1) is 33.9. The van der Waals surface area contributed by atoms with Crippen molar-refractivity contribution in [1.29, 1.82) is 0 Å². The number of amides is 2. The fourth-order valence-electron chi connectivity index (χ4n) is 2.57. The van der Waals surface area contributed by atoms with Crippen LogP contribution in [0.5, 0.6) is 0 Å². The average Bonchev–Trinajstić information content (AvgIpc) is 2.76. The molecule has 0 fully saturated rings. The van der Waals surface area contributed by atoms with E-state index in [1.807, 2.05) is 11.5 Å². The van der Waals surface area contributed by atoms with Crippen LogP contribution in [0.3, 0.4) is 0 Å². The summed E-state index contributed by atoms with van der Waals surface area (Å²) >= 11 is 0. The van der Waals surface area contributed by atoms with Gasteiger partial charge in [-0.3, -0.25) is 4.79 Å². The van der Waals surface area contributed by atoms with Crippen LogP contribution in [-0.2, 0) is 23.8 Å². The number of alkyl carbamates (subject to hydrolysis) is 1. The molecule has 0 aromatic carbocycles. The highest BCUT2D eigenvalue weighted by atomic mass is 33.1. The van der Waals surface area contributed by atoms with E-state index in [2.05, 4.69) is 20.7 Å². The van der Waals surface area contributed by atoms with Gasteiger partial charge >= 0.3 is 12.1 Å². The molecule has 0 aliphatic rings. The molecular formula is C22H39N5O7S2. The van der Waals surface area contributed by atoms with Crippen LogP contribution in [0.4, 0.5) is 4.79 Å². The number of carbonyl (C=O) groups is 3. The number of allylic oxidation sites excluding steroid dienone is 1. The van der Waals surface area contributed by atoms with E-state index in [1.165, 1.54) is 10.8 Å². The Labute approximate surface area is 220 Å². The minimum Gasteiger partial charge on any atom is -0.480 e. The number of carboxylic acids is 1. The Bertz CT molecular complexity index is 754. The van der Waals surface area contributed by atoms with Gasteiger partial charge in [0, 0.05) is 30.2 Å². The molecule has 2 amide bonds. The average molecular weight is 550 g/mol. The van der Waals surface area contributed by atoms with Gasteiger partial charge in [0.05, 0.1) is 26.4 Å². The number of carboxylic acid groups (broad SMARTS) is 1. The van der Waals surface area contributed by atoms with Crippen molar-refractivity contribution in [2.45, 2.75) is 59.1 Å². The van der Waals surface area contributed by atoms with Crippen molar-refractivity contribution >= 4 is 39.6 Å². The monoisotopic (exact) mass is 549 g/mol. The summed E-state index contributed by atoms with van der Waals surface area (Å²) in [6, 6.07) is -1.06. The first-order valence-corrected chi connectivity index (χ1v) is 13.9. The number of aliphatic carboxylic acids is 1. The van der Waals surface area contributed by atoms with Crippen molar-refractivity contribution in [3.05, 3.63) is 21.9 Å². The molecular weight excluding hydrogens is 510 g/mol. The molecule has 0 rings (SSSR count). The van der Waals surface area contributed by atoms with E-state index in [1.54, 1.807) is 45.4 Å². The van der Waals surface area contributed by atoms with Crippen molar-refractivity contribution in [2.75, 3.05) is 45.3 Å². The smallest absolute Gasteiger partial charge is 0.407 e. The highest BCUT2D eigenvalue weighted by Gasteiger charge is 2.35. The van der Waals surface area contributed by atoms with Crippen LogP contribution in [-0.4, -0.2) is 80.0 Å². The van der Waals surface area contributed by atoms with E-state index < -0.39 is 35.0 Å². The van der Waals surface area contributed by atoms with Gasteiger partial charge < -0.3 is 30.0 Å². The summed E-state index contributed by atoms with van der Waals surface area (Å²) in [5.41, 5.74) is 6.90. The van der Waals surface area contributed by atoms with Crippen molar-refractivity contribution < 1.29 is 33.7 Å². The van der Waals surface area contributed by atoms with Crippen LogP contribution >= 0.6 is 21.6 Å². The van der Waals surface area contributed by atoms with Gasteiger partial charge in [-0.05, 0) is 43.5 Å². The van der Waals surface area contributed by atoms with Gasteiger partial charge in [0.15, 0.2) is 0 Å². The molecule has 14 heteroatoms. The Kier molecular flexibility index (Phi) is 17.9. The number of rotatable bonds is 19. The molecule has 0 aliphatic carbocycles. The van der Waals surface area contributed by atoms with Gasteiger partial charge in [-0.15, -0.1) is 0 Å². The quantitative estimate of drug-likeness (QED) is 0.0704. The van der Waals surface area contributed by atoms with Crippen LogP contribution in [0.2, 0.25) is 0 Å². The number of ether oxygens (including phenoxy) is 3. The maximum absolute atomic E-state index is 12.2. The topological polar surface area (TPSA) is 172 Å². The second-order valence-electron chi connectivity index (χ2n) is 9.18. The van der Waals surface area contributed by atoms with Gasteiger partial charge in [0.1, 0.15) is 11.6 Å². The summed E-state index contributed by atoms with van der Waals surface area (Å²) in [6.07, 6.45) is 1.88. The number of carbonyl (C=O) groups excluding carboxylic acids is 2. The fourth-order valence-corrected chi connectivity index (χ4v) is 4.11. The zero-order valence-corrected chi connectivity index (χ0v) is 23.3. The van der Waals surface area contributed by atoms with Gasteiger partial charge in [0.2, 0.25) is 5.91 Å². The summed E-state index contributed by atoms with van der Waals surface area (Å²) in [5, 5.41) is 20.1. The zero-order chi connectivity index (χ0) is 27.5. The predicted octanol–water partition coefficient (Wildman–Crippen LogP) is 4.13. The molecule has 12 nitrogen and oxygen atoms in total. The lowest BCUT2D eigenvalue weighted by Crippen LogP contribution is -2.50. The Hall–Kier alpha value is -2.12. The maximum atomic E-state index is 12.2. The molecule has 0 bridgehead atoms. The molecule has 0 aromatic rings. The first-order valence-electron chi connectivity index (χ1n) is 11.5. The molecule has 206 valence electrons. The Morgan fingerprint density at radius 2 is 1.78 bits per heavy atom. The third-order valence-electron chi connectivity index (χ3n) is 4.30. The fraction of sp³-hybridized carbons (Fsp3) is 0.773. The molecule has 3 N–H and O–H groups in total. The Balaban J connectivity index is 4.21. The summed E-state index contributed by atoms with van der Waals surface area (Å²) < 4.78 is 15.7. The van der Waals surface area contributed by atoms with Crippen LogP contribution in [0.25, 0.3) is 10.4 Å². The largest absolute Gasteiger partial charge is 0.480 e. The number of azide groups is 1. The predicted molar refractivity (Wildman–Crippen MR) is 142 cm³/mol. The molecule has 0 saturated carbocycles. The lowest BCUT2D eigenvalue weighted by atomic mass is 9.81. The molecule has 0 spiro atoms. The SMILES string of the molecule is CC(C)(C)OC(=O)NCCSSC=CCC(C)(C)C(NC(=O)CCOCCOCCN=[N+]=[N-])C(=O)O. The number of nitrogens with one attached hydrogen (secondary N) is 2. The number of hydrogen-bond donors (Lipinski definition) is 3. The second kappa shape index (κ2) is 19.1. The third kappa shape index (κ3) is 19.1. The van der Waals surface area contributed by atoms with Crippen LogP contribution < -0.4 is 10.6 Å². The Morgan fingerprint density at radius 3 is 2.39 bits per heavy atom. The third-order valence-corrected chi connectivity index (χ3v) is 6.35. The van der Waals surface area contributed by atoms with Crippen LogP contribution in [0, 0.1) is 5.41 Å².